The van der Waals surface area contributed by atoms with Crippen molar-refractivity contribution in [3.05, 3.63) is 163 Å². The first kappa shape index (κ1) is 25.6. The summed E-state index contributed by atoms with van der Waals surface area (Å²) in [5.74, 6) is 0. The number of hydrogen-bond donors (Lipinski definition) is 1. The Morgan fingerprint density at radius 1 is 0.500 bits per heavy atom. The molecule has 7 rings (SSSR count). The van der Waals surface area contributed by atoms with Crippen LogP contribution in [0.15, 0.2) is 158 Å². The van der Waals surface area contributed by atoms with E-state index in [0.717, 1.165) is 22.3 Å². The first-order valence-corrected chi connectivity index (χ1v) is 14.4. The third-order valence-electron chi connectivity index (χ3n) is 8.30. The molecule has 2 N–H and O–H groups in total. The topological polar surface area (TPSA) is 26.0 Å². The molecule has 0 atom stereocenters. The summed E-state index contributed by atoms with van der Waals surface area (Å²) in [4.78, 5) is 0. The molecular formula is C41H31N. The van der Waals surface area contributed by atoms with Gasteiger partial charge in [0.2, 0.25) is 0 Å². The van der Waals surface area contributed by atoms with E-state index in [1.165, 1.54) is 60.1 Å². The Morgan fingerprint density at radius 3 is 1.55 bits per heavy atom. The van der Waals surface area contributed by atoms with Crippen molar-refractivity contribution in [3.8, 4) is 33.4 Å². The SMILES string of the molecule is C=C(C)/C(=C\N)c1cccc(-c2c3ccccc3c(-c3ccc(-c4ccccc4)c4ccccc34)c3ccccc23)c1. The zero-order valence-electron chi connectivity index (χ0n) is 23.6. The maximum Gasteiger partial charge on any atom is 0.00200 e. The number of hydrogen-bond acceptors (Lipinski definition) is 1. The number of nitrogens with two attached hydrogens (primary N) is 1. The molecule has 0 aliphatic heterocycles. The third-order valence-corrected chi connectivity index (χ3v) is 8.30. The van der Waals surface area contributed by atoms with Crippen LogP contribution in [0, 0.1) is 0 Å². The average molecular weight is 538 g/mol. The molecule has 0 radical (unpaired) electrons. The van der Waals surface area contributed by atoms with Crippen LogP contribution in [0.4, 0.5) is 0 Å². The van der Waals surface area contributed by atoms with Gasteiger partial charge in [0.25, 0.3) is 0 Å². The van der Waals surface area contributed by atoms with Gasteiger partial charge < -0.3 is 5.73 Å². The van der Waals surface area contributed by atoms with Crippen LogP contribution in [-0.4, -0.2) is 0 Å². The van der Waals surface area contributed by atoms with Crippen molar-refractivity contribution >= 4 is 37.9 Å². The fraction of sp³-hybridized carbons (Fsp3) is 0.0244. The monoisotopic (exact) mass is 537 g/mol. The molecule has 0 saturated carbocycles. The maximum atomic E-state index is 6.03. The van der Waals surface area contributed by atoms with Crippen LogP contribution < -0.4 is 5.73 Å². The highest BCUT2D eigenvalue weighted by atomic mass is 14.5. The Balaban J connectivity index is 1.56. The Morgan fingerprint density at radius 2 is 0.976 bits per heavy atom. The summed E-state index contributed by atoms with van der Waals surface area (Å²) in [5, 5.41) is 7.45. The Kier molecular flexibility index (Phi) is 6.41. The van der Waals surface area contributed by atoms with Crippen LogP contribution >= 0.6 is 0 Å². The van der Waals surface area contributed by atoms with Crippen molar-refractivity contribution < 1.29 is 0 Å². The van der Waals surface area contributed by atoms with Gasteiger partial charge in [-0.1, -0.05) is 140 Å². The van der Waals surface area contributed by atoms with Crippen molar-refractivity contribution in [1.82, 2.24) is 0 Å². The molecule has 0 saturated heterocycles. The van der Waals surface area contributed by atoms with Crippen molar-refractivity contribution in [2.75, 3.05) is 0 Å². The smallest absolute Gasteiger partial charge is 0.00200 e. The molecule has 0 bridgehead atoms. The van der Waals surface area contributed by atoms with Gasteiger partial charge in [0.1, 0.15) is 0 Å². The van der Waals surface area contributed by atoms with E-state index < -0.39 is 0 Å². The molecule has 42 heavy (non-hydrogen) atoms. The van der Waals surface area contributed by atoms with Crippen LogP contribution in [0.5, 0.6) is 0 Å². The summed E-state index contributed by atoms with van der Waals surface area (Å²) in [6.07, 6.45) is 1.66. The van der Waals surface area contributed by atoms with Crippen molar-refractivity contribution in [1.29, 1.82) is 0 Å². The lowest BCUT2D eigenvalue weighted by Gasteiger charge is -2.20. The van der Waals surface area contributed by atoms with Crippen LogP contribution in [0.1, 0.15) is 12.5 Å². The fourth-order valence-electron chi connectivity index (χ4n) is 6.44. The van der Waals surface area contributed by atoms with Gasteiger partial charge in [-0.3, -0.25) is 0 Å². The summed E-state index contributed by atoms with van der Waals surface area (Å²) >= 11 is 0. The van der Waals surface area contributed by atoms with Gasteiger partial charge in [-0.25, -0.2) is 0 Å². The van der Waals surface area contributed by atoms with E-state index in [2.05, 4.69) is 146 Å². The molecule has 0 amide bonds. The molecule has 0 aliphatic rings. The molecule has 0 spiro atoms. The minimum atomic E-state index is 0.950. The van der Waals surface area contributed by atoms with Crippen LogP contribution in [0.25, 0.3) is 71.3 Å². The molecule has 0 aromatic heterocycles. The number of benzene rings is 7. The number of fused-ring (bicyclic) bond motifs is 3. The fourth-order valence-corrected chi connectivity index (χ4v) is 6.44. The molecule has 0 fully saturated rings. The lowest BCUT2D eigenvalue weighted by atomic mass is 9.83. The summed E-state index contributed by atoms with van der Waals surface area (Å²) in [6, 6.07) is 50.3. The molecular weight excluding hydrogens is 506 g/mol. The van der Waals surface area contributed by atoms with E-state index in [1.807, 2.05) is 6.92 Å². The molecule has 7 aromatic rings. The van der Waals surface area contributed by atoms with E-state index in [-0.39, 0.29) is 0 Å². The second-order valence-electron chi connectivity index (χ2n) is 10.9. The van der Waals surface area contributed by atoms with E-state index in [0.29, 0.717) is 0 Å². The predicted molar refractivity (Wildman–Crippen MR) is 182 cm³/mol. The van der Waals surface area contributed by atoms with E-state index >= 15 is 0 Å². The highest BCUT2D eigenvalue weighted by molar-refractivity contribution is 6.24. The average Bonchev–Trinajstić information content (AvgIpc) is 3.04. The number of allylic oxidation sites excluding steroid dienone is 2. The standard InChI is InChI=1S/C41H31N/c1-27(2)39(26-42)29-15-12-16-30(25-29)40-34-19-8-10-21-36(34)41(37-22-11-9-20-35(37)40)38-24-23-31(28-13-4-3-5-14-28)32-17-6-7-18-33(32)38/h3-26H,1,42H2,2H3/b39-26+. The zero-order chi connectivity index (χ0) is 28.6. The Bertz CT molecular complexity index is 2110. The van der Waals surface area contributed by atoms with Gasteiger partial charge in [-0.2, -0.15) is 0 Å². The van der Waals surface area contributed by atoms with E-state index in [1.54, 1.807) is 6.20 Å². The second-order valence-corrected chi connectivity index (χ2v) is 10.9. The molecule has 1 nitrogen and oxygen atoms in total. The quantitative estimate of drug-likeness (QED) is 0.171. The predicted octanol–water partition coefficient (Wildman–Crippen LogP) is 11.0. The largest absolute Gasteiger partial charge is 0.404 e. The van der Waals surface area contributed by atoms with Gasteiger partial charge >= 0.3 is 0 Å². The zero-order valence-corrected chi connectivity index (χ0v) is 23.6. The maximum absolute atomic E-state index is 6.03. The minimum Gasteiger partial charge on any atom is -0.404 e. The van der Waals surface area contributed by atoms with E-state index in [4.69, 9.17) is 5.73 Å². The Labute approximate surface area is 246 Å². The lowest BCUT2D eigenvalue weighted by molar-refractivity contribution is 1.47. The summed E-state index contributed by atoms with van der Waals surface area (Å²) < 4.78 is 0. The molecule has 0 heterocycles. The molecule has 0 aliphatic carbocycles. The minimum absolute atomic E-state index is 0.950. The highest BCUT2D eigenvalue weighted by Gasteiger charge is 2.19. The Hall–Kier alpha value is -5.40. The normalized spacial score (nSPS) is 11.8. The van der Waals surface area contributed by atoms with Crippen LogP contribution in [0.2, 0.25) is 0 Å². The number of rotatable bonds is 5. The van der Waals surface area contributed by atoms with Gasteiger partial charge in [-0.15, -0.1) is 0 Å². The first-order chi connectivity index (χ1) is 20.7. The lowest BCUT2D eigenvalue weighted by Crippen LogP contribution is -1.94. The van der Waals surface area contributed by atoms with Crippen LogP contribution in [-0.2, 0) is 0 Å². The van der Waals surface area contributed by atoms with Gasteiger partial charge in [0.05, 0.1) is 0 Å². The molecule has 7 aromatic carbocycles. The van der Waals surface area contributed by atoms with E-state index in [9.17, 15) is 0 Å². The van der Waals surface area contributed by atoms with Crippen molar-refractivity contribution in [2.45, 2.75) is 6.92 Å². The van der Waals surface area contributed by atoms with Gasteiger partial charge in [0.15, 0.2) is 0 Å². The summed E-state index contributed by atoms with van der Waals surface area (Å²) in [5.41, 5.74) is 16.4. The summed E-state index contributed by atoms with van der Waals surface area (Å²) in [7, 11) is 0. The molecule has 200 valence electrons. The second kappa shape index (κ2) is 10.5. The van der Waals surface area contributed by atoms with Gasteiger partial charge in [0, 0.05) is 6.20 Å². The summed E-state index contributed by atoms with van der Waals surface area (Å²) in [6.45, 7) is 6.15. The van der Waals surface area contributed by atoms with Crippen LogP contribution in [0.3, 0.4) is 0 Å². The first-order valence-electron chi connectivity index (χ1n) is 14.4. The molecule has 1 heteroatoms. The molecule has 0 unspecified atom stereocenters. The van der Waals surface area contributed by atoms with Gasteiger partial charge in [-0.05, 0) is 95.4 Å². The van der Waals surface area contributed by atoms with Crippen molar-refractivity contribution in [3.63, 3.8) is 0 Å². The van der Waals surface area contributed by atoms with Crippen molar-refractivity contribution in [2.24, 2.45) is 5.73 Å². The highest BCUT2D eigenvalue weighted by Crippen LogP contribution is 2.46. The third kappa shape index (κ3) is 4.19.